The Morgan fingerprint density at radius 1 is 1.12 bits per heavy atom. The molecule has 3 N–H and O–H groups in total. The van der Waals surface area contributed by atoms with Gasteiger partial charge in [-0.3, -0.25) is 10.1 Å². The van der Waals surface area contributed by atoms with Crippen molar-refractivity contribution in [1.29, 1.82) is 0 Å². The number of nitrogens with one attached hydrogen (secondary N) is 1. The van der Waals surface area contributed by atoms with Gasteiger partial charge in [0.1, 0.15) is 5.00 Å². The van der Waals surface area contributed by atoms with Crippen LogP contribution in [0.2, 0.25) is 0 Å². The minimum absolute atomic E-state index is 0.129. The summed E-state index contributed by atoms with van der Waals surface area (Å²) in [6.07, 6.45) is 0. The van der Waals surface area contributed by atoms with Gasteiger partial charge in [-0.2, -0.15) is 0 Å². The summed E-state index contributed by atoms with van der Waals surface area (Å²) in [7, 11) is 0. The number of primary amides is 1. The lowest BCUT2D eigenvalue weighted by Gasteiger charge is -2.03. The molecule has 2 aromatic rings. The summed E-state index contributed by atoms with van der Waals surface area (Å²) in [5.74, 6) is -0.129. The highest BCUT2D eigenvalue weighted by atomic mass is 32.1. The molecule has 0 fully saturated rings. The normalized spacial score (nSPS) is 9.88. The SMILES string of the molecule is NC(=O)Nc1sccc1C(=O)c1ccccc1. The molecule has 0 aliphatic heterocycles. The smallest absolute Gasteiger partial charge is 0.317 e. The third-order valence-electron chi connectivity index (χ3n) is 2.18. The summed E-state index contributed by atoms with van der Waals surface area (Å²) < 4.78 is 0. The van der Waals surface area contributed by atoms with Gasteiger partial charge in [-0.1, -0.05) is 30.3 Å². The Bertz CT molecular complexity index is 549. The van der Waals surface area contributed by atoms with E-state index in [0.717, 1.165) is 0 Å². The van der Waals surface area contributed by atoms with Crippen molar-refractivity contribution >= 4 is 28.2 Å². The first kappa shape index (κ1) is 11.3. The molecular formula is C12H10N2O2S. The van der Waals surface area contributed by atoms with Crippen LogP contribution in [0.15, 0.2) is 41.8 Å². The van der Waals surface area contributed by atoms with Gasteiger partial charge in [0.2, 0.25) is 0 Å². The zero-order chi connectivity index (χ0) is 12.3. The van der Waals surface area contributed by atoms with Gasteiger partial charge < -0.3 is 5.73 Å². The molecule has 1 aromatic carbocycles. The number of amides is 2. The predicted molar refractivity (Wildman–Crippen MR) is 67.4 cm³/mol. The quantitative estimate of drug-likeness (QED) is 0.816. The number of carbonyl (C=O) groups excluding carboxylic acids is 2. The van der Waals surface area contributed by atoms with Crippen molar-refractivity contribution in [3.8, 4) is 0 Å². The average Bonchev–Trinajstić information content (AvgIpc) is 2.76. The van der Waals surface area contributed by atoms with Gasteiger partial charge in [0.15, 0.2) is 5.78 Å². The lowest BCUT2D eigenvalue weighted by molar-refractivity contribution is 0.104. The molecule has 2 amide bonds. The number of anilines is 1. The maximum Gasteiger partial charge on any atom is 0.317 e. The second kappa shape index (κ2) is 4.80. The second-order valence-electron chi connectivity index (χ2n) is 3.35. The molecule has 4 nitrogen and oxygen atoms in total. The summed E-state index contributed by atoms with van der Waals surface area (Å²) >= 11 is 1.27. The first-order valence-corrected chi connectivity index (χ1v) is 5.80. The fraction of sp³-hybridized carbons (Fsp3) is 0. The highest BCUT2D eigenvalue weighted by Gasteiger charge is 2.15. The van der Waals surface area contributed by atoms with E-state index in [9.17, 15) is 9.59 Å². The van der Waals surface area contributed by atoms with Crippen molar-refractivity contribution in [2.75, 3.05) is 5.32 Å². The lowest BCUT2D eigenvalue weighted by Crippen LogP contribution is -2.20. The maximum atomic E-state index is 12.1. The molecular weight excluding hydrogens is 236 g/mol. The number of thiophene rings is 1. The van der Waals surface area contributed by atoms with Gasteiger partial charge in [0.05, 0.1) is 5.56 Å². The molecule has 0 unspecified atom stereocenters. The van der Waals surface area contributed by atoms with Crippen LogP contribution in [0.1, 0.15) is 15.9 Å². The molecule has 0 atom stereocenters. The Hall–Kier alpha value is -2.14. The van der Waals surface area contributed by atoms with Gasteiger partial charge >= 0.3 is 6.03 Å². The predicted octanol–water partition coefficient (Wildman–Crippen LogP) is 2.47. The van der Waals surface area contributed by atoms with Gasteiger partial charge in [0, 0.05) is 5.56 Å². The molecule has 0 spiro atoms. The molecule has 1 heterocycles. The van der Waals surface area contributed by atoms with Crippen molar-refractivity contribution in [2.45, 2.75) is 0 Å². The molecule has 86 valence electrons. The van der Waals surface area contributed by atoms with E-state index in [-0.39, 0.29) is 5.78 Å². The van der Waals surface area contributed by atoms with E-state index in [1.165, 1.54) is 11.3 Å². The van der Waals surface area contributed by atoms with Crippen LogP contribution >= 0.6 is 11.3 Å². The van der Waals surface area contributed by atoms with E-state index in [1.807, 2.05) is 6.07 Å². The van der Waals surface area contributed by atoms with Gasteiger partial charge in [-0.25, -0.2) is 4.79 Å². The summed E-state index contributed by atoms with van der Waals surface area (Å²) in [5.41, 5.74) is 6.08. The van der Waals surface area contributed by atoms with Crippen molar-refractivity contribution in [3.63, 3.8) is 0 Å². The molecule has 0 bridgehead atoms. The van der Waals surface area contributed by atoms with Gasteiger partial charge in [-0.15, -0.1) is 11.3 Å². The Morgan fingerprint density at radius 3 is 2.47 bits per heavy atom. The van der Waals surface area contributed by atoms with Crippen molar-refractivity contribution in [2.24, 2.45) is 5.73 Å². The molecule has 0 saturated heterocycles. The summed E-state index contributed by atoms with van der Waals surface area (Å²) in [5, 5.41) is 4.66. The standard InChI is InChI=1S/C12H10N2O2S/c13-12(16)14-11-9(6-7-17-11)10(15)8-4-2-1-3-5-8/h1-7H,(H3,13,14,16). The van der Waals surface area contributed by atoms with Crippen LogP contribution in [0.4, 0.5) is 9.80 Å². The van der Waals surface area contributed by atoms with Crippen LogP contribution in [0, 0.1) is 0 Å². The van der Waals surface area contributed by atoms with Crippen molar-refractivity contribution in [1.82, 2.24) is 0 Å². The first-order chi connectivity index (χ1) is 8.18. The number of hydrogen-bond acceptors (Lipinski definition) is 3. The number of ketones is 1. The third kappa shape index (κ3) is 2.51. The van der Waals surface area contributed by atoms with E-state index in [4.69, 9.17) is 5.73 Å². The molecule has 1 aromatic heterocycles. The zero-order valence-corrected chi connectivity index (χ0v) is 9.66. The topological polar surface area (TPSA) is 72.2 Å². The summed E-state index contributed by atoms with van der Waals surface area (Å²) in [6, 6.07) is 9.89. The number of hydrogen-bond donors (Lipinski definition) is 2. The molecule has 0 saturated carbocycles. The van der Waals surface area contributed by atoms with E-state index in [2.05, 4.69) is 5.32 Å². The fourth-order valence-corrected chi connectivity index (χ4v) is 2.23. The number of nitrogens with two attached hydrogens (primary N) is 1. The highest BCUT2D eigenvalue weighted by Crippen LogP contribution is 2.25. The Labute approximate surface area is 102 Å². The number of carbonyl (C=O) groups is 2. The molecule has 0 aliphatic carbocycles. The monoisotopic (exact) mass is 246 g/mol. The second-order valence-corrected chi connectivity index (χ2v) is 4.26. The molecule has 5 heteroatoms. The molecule has 0 aliphatic rings. The van der Waals surface area contributed by atoms with Crippen LogP contribution < -0.4 is 11.1 Å². The van der Waals surface area contributed by atoms with Crippen LogP contribution in [-0.4, -0.2) is 11.8 Å². The van der Waals surface area contributed by atoms with Crippen LogP contribution in [0.25, 0.3) is 0 Å². The van der Waals surface area contributed by atoms with E-state index in [0.29, 0.717) is 16.1 Å². The lowest BCUT2D eigenvalue weighted by atomic mass is 10.1. The zero-order valence-electron chi connectivity index (χ0n) is 8.84. The summed E-state index contributed by atoms with van der Waals surface area (Å²) in [4.78, 5) is 22.9. The fourth-order valence-electron chi connectivity index (χ4n) is 1.44. The van der Waals surface area contributed by atoms with E-state index in [1.54, 1.807) is 35.7 Å². The number of urea groups is 1. The van der Waals surface area contributed by atoms with Crippen molar-refractivity contribution in [3.05, 3.63) is 52.9 Å². The Kier molecular flexibility index (Phi) is 3.20. The first-order valence-electron chi connectivity index (χ1n) is 4.92. The minimum atomic E-state index is -0.672. The van der Waals surface area contributed by atoms with Crippen LogP contribution in [-0.2, 0) is 0 Å². The molecule has 0 radical (unpaired) electrons. The molecule has 17 heavy (non-hydrogen) atoms. The maximum absolute atomic E-state index is 12.1. The molecule has 2 rings (SSSR count). The Morgan fingerprint density at radius 2 is 1.82 bits per heavy atom. The average molecular weight is 246 g/mol. The number of benzene rings is 1. The Balaban J connectivity index is 2.32. The summed E-state index contributed by atoms with van der Waals surface area (Å²) in [6.45, 7) is 0. The van der Waals surface area contributed by atoms with Crippen molar-refractivity contribution < 1.29 is 9.59 Å². The third-order valence-corrected chi connectivity index (χ3v) is 3.01. The largest absolute Gasteiger partial charge is 0.351 e. The van der Waals surface area contributed by atoms with Gasteiger partial charge in [-0.05, 0) is 11.4 Å². The highest BCUT2D eigenvalue weighted by molar-refractivity contribution is 7.14. The van der Waals surface area contributed by atoms with Gasteiger partial charge in [0.25, 0.3) is 0 Å². The van der Waals surface area contributed by atoms with Crippen LogP contribution in [0.5, 0.6) is 0 Å². The van der Waals surface area contributed by atoms with E-state index >= 15 is 0 Å². The van der Waals surface area contributed by atoms with Crippen LogP contribution in [0.3, 0.4) is 0 Å². The number of rotatable bonds is 3. The minimum Gasteiger partial charge on any atom is -0.351 e. The van der Waals surface area contributed by atoms with E-state index < -0.39 is 6.03 Å².